The van der Waals surface area contributed by atoms with Crippen molar-refractivity contribution in [1.29, 1.82) is 0 Å². The molecule has 28 heavy (non-hydrogen) atoms. The normalized spacial score (nSPS) is 22.7. The van der Waals surface area contributed by atoms with Crippen LogP contribution in [0.5, 0.6) is 0 Å². The smallest absolute Gasteiger partial charge is 0.338 e. The Kier molecular flexibility index (Phi) is 7.56. The molecule has 0 aromatic heterocycles. The number of benzene rings is 1. The highest BCUT2D eigenvalue weighted by molar-refractivity contribution is 7.89. The molecule has 0 bridgehead atoms. The van der Waals surface area contributed by atoms with Gasteiger partial charge in [0.1, 0.15) is 0 Å². The predicted octanol–water partition coefficient (Wildman–Crippen LogP) is 1.97. The lowest BCUT2D eigenvalue weighted by atomic mass is 9.78. The number of rotatable bonds is 7. The van der Waals surface area contributed by atoms with E-state index in [1.54, 1.807) is 0 Å². The van der Waals surface area contributed by atoms with Crippen LogP contribution in [0.25, 0.3) is 0 Å². The van der Waals surface area contributed by atoms with E-state index in [4.69, 9.17) is 9.57 Å². The van der Waals surface area contributed by atoms with E-state index in [2.05, 4.69) is 19.2 Å². The molecule has 0 heterocycles. The summed E-state index contributed by atoms with van der Waals surface area (Å²) in [4.78, 5) is 29.0. The zero-order valence-corrected chi connectivity index (χ0v) is 17.5. The van der Waals surface area contributed by atoms with Crippen molar-refractivity contribution in [1.82, 2.24) is 9.79 Å². The van der Waals surface area contributed by atoms with Gasteiger partial charge in [-0.2, -0.15) is 0 Å². The summed E-state index contributed by atoms with van der Waals surface area (Å²) in [5.74, 6) is -0.218. The van der Waals surface area contributed by atoms with Crippen LogP contribution in [0.3, 0.4) is 0 Å². The van der Waals surface area contributed by atoms with Gasteiger partial charge in [0.2, 0.25) is 0 Å². The Hall–Kier alpha value is -1.97. The molecule has 1 aromatic rings. The number of esters is 1. The SMILES string of the molecule is CON(C)S(=O)(=O)c1cccc(C(=O)OCC(=O)N[C@H]2CCC[C@@H](C)[C@H]2C)c1. The van der Waals surface area contributed by atoms with Crippen LogP contribution in [-0.4, -0.2) is 51.6 Å². The summed E-state index contributed by atoms with van der Waals surface area (Å²) in [6.45, 7) is 3.88. The molecule has 0 aliphatic heterocycles. The third-order valence-corrected chi connectivity index (χ3v) is 7.03. The van der Waals surface area contributed by atoms with Crippen molar-refractivity contribution >= 4 is 21.9 Å². The van der Waals surface area contributed by atoms with Gasteiger partial charge in [-0.3, -0.25) is 9.63 Å². The summed E-state index contributed by atoms with van der Waals surface area (Å²) in [5.41, 5.74) is 0.0398. The zero-order valence-electron chi connectivity index (χ0n) is 16.7. The molecule has 8 nitrogen and oxygen atoms in total. The summed E-state index contributed by atoms with van der Waals surface area (Å²) in [6.07, 6.45) is 3.13. The van der Waals surface area contributed by atoms with Gasteiger partial charge in [0.25, 0.3) is 15.9 Å². The summed E-state index contributed by atoms with van der Waals surface area (Å²) < 4.78 is 30.3. The van der Waals surface area contributed by atoms with Crippen LogP contribution < -0.4 is 5.32 Å². The third-order valence-electron chi connectivity index (χ3n) is 5.35. The fraction of sp³-hybridized carbons (Fsp3) is 0.579. The standard InChI is InChI=1S/C19H28N2O6S/c1-13-7-5-10-17(14(13)2)20-18(22)12-27-19(23)15-8-6-9-16(11-15)28(24,25)21(3)26-4/h6,8-9,11,13-14,17H,5,7,10,12H2,1-4H3,(H,20,22)/t13-,14-,17+/m1/s1. The van der Waals surface area contributed by atoms with E-state index in [9.17, 15) is 18.0 Å². The summed E-state index contributed by atoms with van der Waals surface area (Å²) >= 11 is 0. The maximum Gasteiger partial charge on any atom is 0.338 e. The van der Waals surface area contributed by atoms with Crippen LogP contribution in [0, 0.1) is 11.8 Å². The number of hydrogen-bond acceptors (Lipinski definition) is 6. The number of carbonyl (C=O) groups excluding carboxylic acids is 2. The van der Waals surface area contributed by atoms with Crippen LogP contribution in [0.1, 0.15) is 43.5 Å². The molecule has 1 fully saturated rings. The summed E-state index contributed by atoms with van der Waals surface area (Å²) in [7, 11) is -1.41. The number of amides is 1. The molecule has 156 valence electrons. The molecular formula is C19H28N2O6S. The number of hydrogen-bond donors (Lipinski definition) is 1. The van der Waals surface area contributed by atoms with E-state index in [1.807, 2.05) is 0 Å². The van der Waals surface area contributed by atoms with Gasteiger partial charge in [-0.05, 0) is 36.5 Å². The lowest BCUT2D eigenvalue weighted by Crippen LogP contribution is -2.45. The molecule has 3 atom stereocenters. The summed E-state index contributed by atoms with van der Waals surface area (Å²) in [5, 5.41) is 2.93. The first-order valence-electron chi connectivity index (χ1n) is 9.26. The van der Waals surface area contributed by atoms with Crippen LogP contribution in [-0.2, 0) is 24.4 Å². The van der Waals surface area contributed by atoms with E-state index in [-0.39, 0.29) is 22.4 Å². The first kappa shape index (κ1) is 22.3. The highest BCUT2D eigenvalue weighted by Crippen LogP contribution is 2.29. The Bertz CT molecular complexity index is 810. The summed E-state index contributed by atoms with van der Waals surface area (Å²) in [6, 6.07) is 5.47. The molecule has 1 N–H and O–H groups in total. The van der Waals surface area contributed by atoms with E-state index in [0.29, 0.717) is 16.3 Å². The second-order valence-electron chi connectivity index (χ2n) is 7.14. The molecule has 2 rings (SSSR count). The highest BCUT2D eigenvalue weighted by Gasteiger charge is 2.28. The van der Waals surface area contributed by atoms with Gasteiger partial charge in [-0.15, -0.1) is 0 Å². The van der Waals surface area contributed by atoms with Crippen LogP contribution in [0.4, 0.5) is 0 Å². The van der Waals surface area contributed by atoms with Crippen molar-refractivity contribution in [3.63, 3.8) is 0 Å². The molecule has 1 aliphatic rings. The number of carbonyl (C=O) groups is 2. The second kappa shape index (κ2) is 9.49. The maximum absolute atomic E-state index is 12.3. The molecule has 1 aliphatic carbocycles. The lowest BCUT2D eigenvalue weighted by molar-refractivity contribution is -0.125. The first-order valence-corrected chi connectivity index (χ1v) is 10.7. The topological polar surface area (TPSA) is 102 Å². The number of nitrogens with zero attached hydrogens (tertiary/aromatic N) is 1. The third kappa shape index (κ3) is 5.30. The van der Waals surface area contributed by atoms with E-state index in [1.165, 1.54) is 38.4 Å². The predicted molar refractivity (Wildman–Crippen MR) is 103 cm³/mol. The van der Waals surface area contributed by atoms with E-state index < -0.39 is 22.6 Å². The average Bonchev–Trinajstić information content (AvgIpc) is 2.69. The van der Waals surface area contributed by atoms with Crippen molar-refractivity contribution in [2.24, 2.45) is 11.8 Å². The Morgan fingerprint density at radius 2 is 1.96 bits per heavy atom. The minimum absolute atomic E-state index is 0.0398. The van der Waals surface area contributed by atoms with Crippen molar-refractivity contribution in [2.75, 3.05) is 20.8 Å². The number of sulfonamides is 1. The quantitative estimate of drug-likeness (QED) is 0.543. The molecule has 9 heteroatoms. The fourth-order valence-electron chi connectivity index (χ4n) is 3.28. The molecule has 1 amide bonds. The van der Waals surface area contributed by atoms with Gasteiger partial charge in [-0.25, -0.2) is 13.2 Å². The molecule has 0 saturated heterocycles. The Morgan fingerprint density at radius 1 is 1.25 bits per heavy atom. The van der Waals surface area contributed by atoms with Crippen LogP contribution >= 0.6 is 0 Å². The molecule has 1 saturated carbocycles. The number of hydroxylamine groups is 1. The van der Waals surface area contributed by atoms with Gasteiger partial charge >= 0.3 is 5.97 Å². The monoisotopic (exact) mass is 412 g/mol. The van der Waals surface area contributed by atoms with Crippen LogP contribution in [0.15, 0.2) is 29.2 Å². The van der Waals surface area contributed by atoms with Gasteiger partial charge in [0.05, 0.1) is 17.6 Å². The van der Waals surface area contributed by atoms with Crippen molar-refractivity contribution in [3.05, 3.63) is 29.8 Å². The van der Waals surface area contributed by atoms with Crippen LogP contribution in [0.2, 0.25) is 0 Å². The molecule has 0 spiro atoms. The van der Waals surface area contributed by atoms with Gasteiger partial charge in [0, 0.05) is 13.1 Å². The molecule has 1 aromatic carbocycles. The minimum Gasteiger partial charge on any atom is -0.452 e. The lowest BCUT2D eigenvalue weighted by Gasteiger charge is -2.34. The van der Waals surface area contributed by atoms with E-state index >= 15 is 0 Å². The average molecular weight is 413 g/mol. The van der Waals surface area contributed by atoms with Crippen molar-refractivity contribution in [2.45, 2.75) is 44.0 Å². The first-order chi connectivity index (χ1) is 13.2. The van der Waals surface area contributed by atoms with E-state index in [0.717, 1.165) is 19.3 Å². The van der Waals surface area contributed by atoms with Crippen molar-refractivity contribution < 1.29 is 27.6 Å². The zero-order chi connectivity index (χ0) is 20.9. The number of ether oxygens (including phenoxy) is 1. The fourth-order valence-corrected chi connectivity index (χ4v) is 4.30. The Labute approximate surface area is 166 Å². The Balaban J connectivity index is 1.96. The molecule has 0 unspecified atom stereocenters. The van der Waals surface area contributed by atoms with Gasteiger partial charge < -0.3 is 10.1 Å². The minimum atomic E-state index is -3.88. The number of nitrogens with one attached hydrogen (secondary N) is 1. The van der Waals surface area contributed by atoms with Gasteiger partial charge in [-0.1, -0.05) is 37.2 Å². The molecular weight excluding hydrogens is 384 g/mol. The van der Waals surface area contributed by atoms with Crippen molar-refractivity contribution in [3.8, 4) is 0 Å². The molecule has 0 radical (unpaired) electrons. The highest BCUT2D eigenvalue weighted by atomic mass is 32.2. The second-order valence-corrected chi connectivity index (χ2v) is 9.08. The largest absolute Gasteiger partial charge is 0.452 e. The van der Waals surface area contributed by atoms with Gasteiger partial charge in [0.15, 0.2) is 6.61 Å². The maximum atomic E-state index is 12.3. The Morgan fingerprint density at radius 3 is 2.64 bits per heavy atom.